The fourth-order valence-corrected chi connectivity index (χ4v) is 3.18. The molecule has 3 aromatic rings. The zero-order valence-corrected chi connectivity index (χ0v) is 15.7. The number of benzene rings is 1. The quantitative estimate of drug-likeness (QED) is 0.688. The van der Waals surface area contributed by atoms with Crippen molar-refractivity contribution in [3.05, 3.63) is 66.5 Å². The van der Waals surface area contributed by atoms with Crippen LogP contribution in [-0.2, 0) is 0 Å². The molecule has 7 heteroatoms. The van der Waals surface area contributed by atoms with Crippen molar-refractivity contribution >= 4 is 29.1 Å². The molecule has 1 aliphatic rings. The number of carbonyl (C=O) groups is 1. The first-order chi connectivity index (χ1) is 13.7. The lowest BCUT2D eigenvalue weighted by atomic mass is 10.1. The van der Waals surface area contributed by atoms with Crippen LogP contribution in [0.4, 0.5) is 23.3 Å². The van der Waals surface area contributed by atoms with E-state index in [4.69, 9.17) is 0 Å². The third-order valence-corrected chi connectivity index (χ3v) is 4.74. The Hall–Kier alpha value is -3.48. The third kappa shape index (κ3) is 4.09. The van der Waals surface area contributed by atoms with E-state index >= 15 is 0 Å². The van der Waals surface area contributed by atoms with E-state index < -0.39 is 0 Å². The summed E-state index contributed by atoms with van der Waals surface area (Å²) >= 11 is 0. The molecule has 1 fully saturated rings. The molecule has 0 unspecified atom stereocenters. The molecule has 0 bridgehead atoms. The molecule has 1 aliphatic heterocycles. The van der Waals surface area contributed by atoms with E-state index in [0.29, 0.717) is 11.5 Å². The van der Waals surface area contributed by atoms with Crippen LogP contribution < -0.4 is 15.1 Å². The molecular formula is C21H22N6O. The predicted molar refractivity (Wildman–Crippen MR) is 110 cm³/mol. The van der Waals surface area contributed by atoms with Gasteiger partial charge in [-0.2, -0.15) is 4.98 Å². The molecule has 0 radical (unpaired) electrons. The number of carbonyl (C=O) groups excluding carboxylic acids is 1. The average molecular weight is 374 g/mol. The summed E-state index contributed by atoms with van der Waals surface area (Å²) in [4.78, 5) is 29.4. The zero-order valence-electron chi connectivity index (χ0n) is 15.7. The maximum atomic E-state index is 11.4. The van der Waals surface area contributed by atoms with Gasteiger partial charge in [-0.25, -0.2) is 9.97 Å². The molecule has 4 rings (SSSR count). The molecule has 142 valence electrons. The summed E-state index contributed by atoms with van der Waals surface area (Å²) in [6, 6.07) is 15.2. The Kier molecular flexibility index (Phi) is 5.14. The summed E-state index contributed by atoms with van der Waals surface area (Å²) in [6.07, 6.45) is 3.59. The van der Waals surface area contributed by atoms with Gasteiger partial charge in [0.2, 0.25) is 5.95 Å². The number of hydrogen-bond donors (Lipinski definition) is 1. The first kappa shape index (κ1) is 17.9. The van der Waals surface area contributed by atoms with Gasteiger partial charge < -0.3 is 15.1 Å². The molecule has 0 amide bonds. The fourth-order valence-electron chi connectivity index (χ4n) is 3.18. The van der Waals surface area contributed by atoms with Crippen molar-refractivity contribution in [2.45, 2.75) is 6.92 Å². The highest BCUT2D eigenvalue weighted by molar-refractivity contribution is 5.94. The van der Waals surface area contributed by atoms with Gasteiger partial charge in [0.15, 0.2) is 5.78 Å². The van der Waals surface area contributed by atoms with Gasteiger partial charge in [0.1, 0.15) is 11.6 Å². The minimum atomic E-state index is 0.0562. The standard InChI is InChI=1S/C21H22N6O/c1-16(28)17-5-7-18(8-6-17)24-19-9-11-23-21(25-19)27-14-12-26(13-15-27)20-4-2-3-10-22-20/h2-11H,12-15H2,1H3,(H,23,24,25). The minimum Gasteiger partial charge on any atom is -0.353 e. The first-order valence-electron chi connectivity index (χ1n) is 9.31. The molecule has 7 nitrogen and oxygen atoms in total. The van der Waals surface area contributed by atoms with Gasteiger partial charge in [-0.15, -0.1) is 0 Å². The van der Waals surface area contributed by atoms with Gasteiger partial charge in [0.05, 0.1) is 0 Å². The van der Waals surface area contributed by atoms with Crippen LogP contribution in [0.1, 0.15) is 17.3 Å². The topological polar surface area (TPSA) is 74.2 Å². The Morgan fingerprint density at radius 2 is 1.64 bits per heavy atom. The molecular weight excluding hydrogens is 352 g/mol. The number of pyridine rings is 1. The van der Waals surface area contributed by atoms with Crippen molar-refractivity contribution in [1.29, 1.82) is 0 Å². The summed E-state index contributed by atoms with van der Waals surface area (Å²) in [6.45, 7) is 5.00. The second-order valence-electron chi connectivity index (χ2n) is 6.66. The predicted octanol–water partition coefficient (Wildman–Crippen LogP) is 3.14. The molecule has 0 spiro atoms. The summed E-state index contributed by atoms with van der Waals surface area (Å²) in [7, 11) is 0. The van der Waals surface area contributed by atoms with Gasteiger partial charge in [-0.1, -0.05) is 6.07 Å². The van der Waals surface area contributed by atoms with Crippen LogP contribution >= 0.6 is 0 Å². The van der Waals surface area contributed by atoms with Crippen molar-refractivity contribution in [3.8, 4) is 0 Å². The molecule has 1 N–H and O–H groups in total. The third-order valence-electron chi connectivity index (χ3n) is 4.74. The van der Waals surface area contributed by atoms with Crippen LogP contribution in [0.5, 0.6) is 0 Å². The van der Waals surface area contributed by atoms with Gasteiger partial charge in [-0.05, 0) is 49.4 Å². The highest BCUT2D eigenvalue weighted by Crippen LogP contribution is 2.19. The number of piperazine rings is 1. The van der Waals surface area contributed by atoms with Gasteiger partial charge in [0.25, 0.3) is 0 Å². The lowest BCUT2D eigenvalue weighted by Crippen LogP contribution is -2.47. The molecule has 28 heavy (non-hydrogen) atoms. The van der Waals surface area contributed by atoms with E-state index in [-0.39, 0.29) is 5.78 Å². The second kappa shape index (κ2) is 8.04. The van der Waals surface area contributed by atoms with Crippen LogP contribution in [0.25, 0.3) is 0 Å². The van der Waals surface area contributed by atoms with Gasteiger partial charge >= 0.3 is 0 Å². The van der Waals surface area contributed by atoms with Crippen molar-refractivity contribution in [1.82, 2.24) is 15.0 Å². The largest absolute Gasteiger partial charge is 0.353 e. The van der Waals surface area contributed by atoms with Gasteiger partial charge in [0, 0.05) is 49.8 Å². The Morgan fingerprint density at radius 3 is 2.32 bits per heavy atom. The lowest BCUT2D eigenvalue weighted by molar-refractivity contribution is 0.101. The SMILES string of the molecule is CC(=O)c1ccc(Nc2ccnc(N3CCN(c4ccccn4)CC3)n2)cc1. The fraction of sp³-hybridized carbons (Fsp3) is 0.238. The monoisotopic (exact) mass is 374 g/mol. The Morgan fingerprint density at radius 1 is 0.893 bits per heavy atom. The Labute approximate surface area is 164 Å². The number of nitrogens with one attached hydrogen (secondary N) is 1. The normalized spacial score (nSPS) is 14.0. The van der Waals surface area contributed by atoms with E-state index in [9.17, 15) is 4.79 Å². The van der Waals surface area contributed by atoms with Crippen molar-refractivity contribution < 1.29 is 4.79 Å². The minimum absolute atomic E-state index is 0.0562. The highest BCUT2D eigenvalue weighted by atomic mass is 16.1. The van der Waals surface area contributed by atoms with E-state index in [2.05, 4.69) is 30.1 Å². The number of anilines is 4. The van der Waals surface area contributed by atoms with E-state index in [1.807, 2.05) is 54.7 Å². The lowest BCUT2D eigenvalue weighted by Gasteiger charge is -2.35. The van der Waals surface area contributed by atoms with E-state index in [1.54, 1.807) is 13.1 Å². The van der Waals surface area contributed by atoms with Crippen molar-refractivity contribution in [3.63, 3.8) is 0 Å². The van der Waals surface area contributed by atoms with Crippen LogP contribution in [0.2, 0.25) is 0 Å². The Bertz CT molecular complexity index is 937. The average Bonchev–Trinajstić information content (AvgIpc) is 2.75. The smallest absolute Gasteiger partial charge is 0.227 e. The van der Waals surface area contributed by atoms with Crippen molar-refractivity contribution in [2.75, 3.05) is 41.3 Å². The number of Topliss-reactive ketones (excluding diaryl/α,β-unsaturated/α-hetero) is 1. The number of rotatable bonds is 5. The van der Waals surface area contributed by atoms with Gasteiger partial charge in [-0.3, -0.25) is 4.79 Å². The second-order valence-corrected chi connectivity index (χ2v) is 6.66. The molecule has 0 aliphatic carbocycles. The summed E-state index contributed by atoms with van der Waals surface area (Å²) in [5, 5.41) is 3.27. The maximum Gasteiger partial charge on any atom is 0.227 e. The molecule has 2 aromatic heterocycles. The molecule has 3 heterocycles. The van der Waals surface area contributed by atoms with Crippen LogP contribution in [0.3, 0.4) is 0 Å². The first-order valence-corrected chi connectivity index (χ1v) is 9.31. The maximum absolute atomic E-state index is 11.4. The highest BCUT2D eigenvalue weighted by Gasteiger charge is 2.20. The van der Waals surface area contributed by atoms with E-state index in [1.165, 1.54) is 0 Å². The number of nitrogens with zero attached hydrogens (tertiary/aromatic N) is 5. The number of ketones is 1. The molecule has 0 atom stereocenters. The number of aromatic nitrogens is 3. The number of hydrogen-bond acceptors (Lipinski definition) is 7. The Balaban J connectivity index is 1.41. The van der Waals surface area contributed by atoms with Crippen molar-refractivity contribution in [2.24, 2.45) is 0 Å². The summed E-state index contributed by atoms with van der Waals surface area (Å²) in [5.74, 6) is 2.51. The molecule has 1 saturated heterocycles. The van der Waals surface area contributed by atoms with Crippen LogP contribution in [0.15, 0.2) is 60.9 Å². The molecule has 0 saturated carbocycles. The summed E-state index contributed by atoms with van der Waals surface area (Å²) in [5.41, 5.74) is 1.58. The van der Waals surface area contributed by atoms with Crippen LogP contribution in [0, 0.1) is 0 Å². The van der Waals surface area contributed by atoms with E-state index in [0.717, 1.165) is 43.5 Å². The summed E-state index contributed by atoms with van der Waals surface area (Å²) < 4.78 is 0. The van der Waals surface area contributed by atoms with Crippen LogP contribution in [-0.4, -0.2) is 46.9 Å². The zero-order chi connectivity index (χ0) is 19.3. The molecule has 1 aromatic carbocycles.